The molecule has 0 aliphatic carbocycles. The Morgan fingerprint density at radius 3 is 2.52 bits per heavy atom. The first kappa shape index (κ1) is 15.9. The maximum Gasteiger partial charge on any atom is 0.337 e. The monoisotopic (exact) mass is 463 g/mol. The summed E-state index contributed by atoms with van der Waals surface area (Å²) >= 11 is 5.33. The summed E-state index contributed by atoms with van der Waals surface area (Å²) in [4.78, 5) is 23.3. The van der Waals surface area contributed by atoms with Gasteiger partial charge in [-0.2, -0.15) is 0 Å². The number of hydrogen-bond acceptors (Lipinski definition) is 2. The Bertz CT molecular complexity index is 736. The Labute approximate surface area is 141 Å². The highest BCUT2D eigenvalue weighted by atomic mass is 127. The third-order valence-corrected chi connectivity index (χ3v) is 4.00. The molecule has 2 rings (SSSR count). The second-order valence-electron chi connectivity index (χ2n) is 4.07. The Hall–Kier alpha value is -1.48. The zero-order chi connectivity index (χ0) is 15.6. The van der Waals surface area contributed by atoms with Crippen LogP contribution in [0, 0.1) is 9.39 Å². The van der Waals surface area contributed by atoms with Crippen LogP contribution < -0.4 is 5.32 Å². The number of nitrogens with one attached hydrogen (secondary N) is 1. The third-order valence-electron chi connectivity index (χ3n) is 2.63. The molecule has 7 heteroatoms. The first-order valence-electron chi connectivity index (χ1n) is 5.67. The molecule has 2 aromatic carbocycles. The Morgan fingerprint density at radius 2 is 1.86 bits per heavy atom. The molecule has 0 heterocycles. The van der Waals surface area contributed by atoms with Crippen molar-refractivity contribution in [3.05, 3.63) is 61.4 Å². The van der Waals surface area contributed by atoms with Gasteiger partial charge in [0.2, 0.25) is 0 Å². The molecule has 1 amide bonds. The zero-order valence-corrected chi connectivity index (χ0v) is 14.1. The lowest BCUT2D eigenvalue weighted by molar-refractivity contribution is 0.0697. The molecule has 0 aliphatic rings. The number of halogens is 3. The van der Waals surface area contributed by atoms with Gasteiger partial charge < -0.3 is 10.4 Å². The summed E-state index contributed by atoms with van der Waals surface area (Å²) in [6.45, 7) is 0. The van der Waals surface area contributed by atoms with E-state index in [2.05, 4.69) is 43.8 Å². The second-order valence-corrected chi connectivity index (χ2v) is 6.17. The lowest BCUT2D eigenvalue weighted by Crippen LogP contribution is -2.15. The van der Waals surface area contributed by atoms with E-state index >= 15 is 0 Å². The number of carboxylic acids is 1. The molecule has 0 bridgehead atoms. The third kappa shape index (κ3) is 3.79. The first-order chi connectivity index (χ1) is 9.88. The Balaban J connectivity index is 2.36. The molecule has 0 saturated carbocycles. The summed E-state index contributed by atoms with van der Waals surface area (Å²) in [5, 5.41) is 11.5. The topological polar surface area (TPSA) is 66.4 Å². The highest BCUT2D eigenvalue weighted by Gasteiger charge is 2.16. The van der Waals surface area contributed by atoms with Gasteiger partial charge in [0.25, 0.3) is 5.91 Å². The molecule has 0 atom stereocenters. The van der Waals surface area contributed by atoms with Crippen LogP contribution in [0.2, 0.25) is 0 Å². The van der Waals surface area contributed by atoms with E-state index in [0.717, 1.165) is 15.7 Å². The van der Waals surface area contributed by atoms with Gasteiger partial charge in [0.15, 0.2) is 0 Å². The molecule has 0 aromatic heterocycles. The molecular formula is C14H8BrFINO3. The number of carboxylic acid groups (broad SMARTS) is 1. The Morgan fingerprint density at radius 1 is 1.14 bits per heavy atom. The number of benzene rings is 2. The largest absolute Gasteiger partial charge is 0.478 e. The van der Waals surface area contributed by atoms with Crippen LogP contribution in [0.3, 0.4) is 0 Å². The van der Waals surface area contributed by atoms with Crippen molar-refractivity contribution in [3.63, 3.8) is 0 Å². The van der Waals surface area contributed by atoms with Crippen molar-refractivity contribution in [3.8, 4) is 0 Å². The second kappa shape index (κ2) is 6.52. The lowest BCUT2D eigenvalue weighted by atomic mass is 10.1. The van der Waals surface area contributed by atoms with Gasteiger partial charge >= 0.3 is 5.97 Å². The van der Waals surface area contributed by atoms with Crippen LogP contribution in [-0.2, 0) is 0 Å². The van der Waals surface area contributed by atoms with Crippen LogP contribution in [0.25, 0.3) is 0 Å². The van der Waals surface area contributed by atoms with Gasteiger partial charge in [0, 0.05) is 8.04 Å². The highest BCUT2D eigenvalue weighted by molar-refractivity contribution is 14.1. The van der Waals surface area contributed by atoms with E-state index in [4.69, 9.17) is 5.11 Å². The molecule has 0 spiro atoms. The number of carbonyl (C=O) groups excluding carboxylic acids is 1. The van der Waals surface area contributed by atoms with Crippen LogP contribution in [0.5, 0.6) is 0 Å². The van der Waals surface area contributed by atoms with Crippen molar-refractivity contribution in [1.82, 2.24) is 0 Å². The summed E-state index contributed by atoms with van der Waals surface area (Å²) < 4.78 is 14.5. The van der Waals surface area contributed by atoms with Crippen LogP contribution in [-0.4, -0.2) is 17.0 Å². The zero-order valence-electron chi connectivity index (χ0n) is 10.4. The molecule has 0 radical (unpaired) electrons. The van der Waals surface area contributed by atoms with Gasteiger partial charge in [-0.05, 0) is 74.9 Å². The minimum Gasteiger partial charge on any atom is -0.478 e. The normalized spacial score (nSPS) is 10.2. The molecule has 0 saturated heterocycles. The number of amides is 1. The summed E-state index contributed by atoms with van der Waals surface area (Å²) in [5.74, 6) is -2.47. The highest BCUT2D eigenvalue weighted by Crippen LogP contribution is 2.23. The summed E-state index contributed by atoms with van der Waals surface area (Å²) in [7, 11) is 0. The van der Waals surface area contributed by atoms with Gasteiger partial charge in [0.1, 0.15) is 5.82 Å². The molecule has 2 aromatic rings. The van der Waals surface area contributed by atoms with E-state index in [1.165, 1.54) is 6.07 Å². The van der Waals surface area contributed by atoms with Crippen molar-refractivity contribution < 1.29 is 19.1 Å². The minimum atomic E-state index is -1.31. The molecular weight excluding hydrogens is 456 g/mol. The number of anilines is 1. The van der Waals surface area contributed by atoms with Crippen molar-refractivity contribution in [2.24, 2.45) is 0 Å². The van der Waals surface area contributed by atoms with E-state index < -0.39 is 17.7 Å². The number of hydrogen-bond donors (Lipinski definition) is 2. The van der Waals surface area contributed by atoms with Crippen LogP contribution in [0.4, 0.5) is 10.1 Å². The predicted octanol–water partition coefficient (Wildman–Crippen LogP) is 4.14. The maximum atomic E-state index is 13.1. The van der Waals surface area contributed by atoms with Crippen LogP contribution >= 0.6 is 38.5 Å². The fourth-order valence-electron chi connectivity index (χ4n) is 1.66. The number of rotatable bonds is 3. The minimum absolute atomic E-state index is 0.0414. The smallest absolute Gasteiger partial charge is 0.337 e. The predicted molar refractivity (Wildman–Crippen MR) is 88.2 cm³/mol. The lowest BCUT2D eigenvalue weighted by Gasteiger charge is -2.10. The molecule has 0 unspecified atom stereocenters. The maximum absolute atomic E-state index is 13.1. The van der Waals surface area contributed by atoms with E-state index in [9.17, 15) is 14.0 Å². The average Bonchev–Trinajstić information content (AvgIpc) is 2.43. The summed E-state index contributed by atoms with van der Waals surface area (Å²) in [6, 6.07) is 8.37. The van der Waals surface area contributed by atoms with Crippen molar-refractivity contribution in [1.29, 1.82) is 0 Å². The number of carbonyl (C=O) groups is 2. The van der Waals surface area contributed by atoms with E-state index in [-0.39, 0.29) is 11.3 Å². The SMILES string of the molecule is O=C(Nc1ccc(F)cc1C(=O)O)c1cc(I)ccc1Br. The molecule has 0 fully saturated rings. The fraction of sp³-hybridized carbons (Fsp3) is 0. The van der Waals surface area contributed by atoms with Gasteiger partial charge in [0.05, 0.1) is 16.8 Å². The van der Waals surface area contributed by atoms with Crippen molar-refractivity contribution >= 4 is 56.1 Å². The summed E-state index contributed by atoms with van der Waals surface area (Å²) in [5.41, 5.74) is 0.104. The van der Waals surface area contributed by atoms with Crippen LogP contribution in [0.1, 0.15) is 20.7 Å². The molecule has 21 heavy (non-hydrogen) atoms. The quantitative estimate of drug-likeness (QED) is 0.672. The van der Waals surface area contributed by atoms with E-state index in [1.807, 2.05) is 6.07 Å². The molecule has 0 aliphatic heterocycles. The Kier molecular flexibility index (Phi) is 4.94. The van der Waals surface area contributed by atoms with Gasteiger partial charge in [-0.1, -0.05) is 0 Å². The molecule has 108 valence electrons. The van der Waals surface area contributed by atoms with Gasteiger partial charge in [-0.25, -0.2) is 9.18 Å². The van der Waals surface area contributed by atoms with Gasteiger partial charge in [-0.15, -0.1) is 0 Å². The van der Waals surface area contributed by atoms with Crippen molar-refractivity contribution in [2.75, 3.05) is 5.32 Å². The average molecular weight is 464 g/mol. The number of aromatic carboxylic acids is 1. The van der Waals surface area contributed by atoms with E-state index in [1.54, 1.807) is 12.1 Å². The standard InChI is InChI=1S/C14H8BrFINO3/c15-11-3-2-8(17)6-9(11)13(19)18-12-4-1-7(16)5-10(12)14(20)21/h1-6H,(H,18,19)(H,20,21). The van der Waals surface area contributed by atoms with E-state index in [0.29, 0.717) is 10.0 Å². The molecule has 2 N–H and O–H groups in total. The fourth-order valence-corrected chi connectivity index (χ4v) is 2.58. The van der Waals surface area contributed by atoms with Crippen molar-refractivity contribution in [2.45, 2.75) is 0 Å². The molecule has 4 nitrogen and oxygen atoms in total. The first-order valence-corrected chi connectivity index (χ1v) is 7.55. The van der Waals surface area contributed by atoms with Crippen LogP contribution in [0.15, 0.2) is 40.9 Å². The summed E-state index contributed by atoms with van der Waals surface area (Å²) in [6.07, 6.45) is 0. The van der Waals surface area contributed by atoms with Gasteiger partial charge in [-0.3, -0.25) is 4.79 Å².